The van der Waals surface area contributed by atoms with Gasteiger partial charge in [0.25, 0.3) is 0 Å². The Morgan fingerprint density at radius 1 is 1.10 bits per heavy atom. The molecule has 2 amide bonds. The molecule has 0 unspecified atom stereocenters. The third kappa shape index (κ3) is 5.94. The highest BCUT2D eigenvalue weighted by Crippen LogP contribution is 2.20. The molecule has 1 saturated carbocycles. The molecule has 1 fully saturated rings. The highest BCUT2D eigenvalue weighted by Gasteiger charge is 2.28. The molecular formula is C25H31BrN2O2. The number of hydrogen-bond acceptors (Lipinski definition) is 2. The molecule has 1 aliphatic rings. The zero-order chi connectivity index (χ0) is 21.7. The van der Waals surface area contributed by atoms with Gasteiger partial charge in [0, 0.05) is 17.1 Å². The lowest BCUT2D eigenvalue weighted by atomic mass is 10.0. The zero-order valence-electron chi connectivity index (χ0n) is 18.1. The van der Waals surface area contributed by atoms with E-state index in [1.165, 1.54) is 0 Å². The number of aryl methyl sites for hydroxylation is 2. The number of halogens is 1. The van der Waals surface area contributed by atoms with E-state index in [9.17, 15) is 9.59 Å². The monoisotopic (exact) mass is 470 g/mol. The van der Waals surface area contributed by atoms with Gasteiger partial charge in [-0.15, -0.1) is 0 Å². The van der Waals surface area contributed by atoms with E-state index >= 15 is 0 Å². The minimum Gasteiger partial charge on any atom is -0.352 e. The van der Waals surface area contributed by atoms with Crippen molar-refractivity contribution in [1.29, 1.82) is 0 Å². The van der Waals surface area contributed by atoms with Crippen LogP contribution < -0.4 is 5.32 Å². The highest BCUT2D eigenvalue weighted by atomic mass is 79.9. The van der Waals surface area contributed by atoms with E-state index in [1.54, 1.807) is 4.90 Å². The predicted octanol–water partition coefficient (Wildman–Crippen LogP) is 5.08. The van der Waals surface area contributed by atoms with E-state index in [1.807, 2.05) is 51.1 Å². The van der Waals surface area contributed by atoms with Crippen molar-refractivity contribution in [2.45, 2.75) is 71.5 Å². The van der Waals surface area contributed by atoms with Gasteiger partial charge >= 0.3 is 0 Å². The second-order valence-electron chi connectivity index (χ2n) is 8.42. The summed E-state index contributed by atoms with van der Waals surface area (Å²) in [5.41, 5.74) is 4.26. The van der Waals surface area contributed by atoms with Crippen LogP contribution in [0, 0.1) is 13.8 Å². The van der Waals surface area contributed by atoms with Crippen molar-refractivity contribution < 1.29 is 9.59 Å². The van der Waals surface area contributed by atoms with Crippen LogP contribution in [-0.2, 0) is 22.6 Å². The third-order valence-electron chi connectivity index (χ3n) is 5.98. The van der Waals surface area contributed by atoms with Crippen LogP contribution in [0.25, 0.3) is 0 Å². The van der Waals surface area contributed by atoms with Crippen molar-refractivity contribution in [3.63, 3.8) is 0 Å². The van der Waals surface area contributed by atoms with Gasteiger partial charge in [0.2, 0.25) is 11.8 Å². The van der Waals surface area contributed by atoms with Crippen LogP contribution in [0.5, 0.6) is 0 Å². The minimum atomic E-state index is -0.521. The number of hydrogen-bond donors (Lipinski definition) is 1. The summed E-state index contributed by atoms with van der Waals surface area (Å²) < 4.78 is 0.992. The number of amides is 2. The molecule has 1 aliphatic carbocycles. The van der Waals surface area contributed by atoms with Crippen LogP contribution in [0.1, 0.15) is 54.9 Å². The first kappa shape index (κ1) is 22.5. The zero-order valence-corrected chi connectivity index (χ0v) is 19.7. The summed E-state index contributed by atoms with van der Waals surface area (Å²) in [4.78, 5) is 28.0. The second-order valence-corrected chi connectivity index (χ2v) is 9.34. The van der Waals surface area contributed by atoms with Crippen molar-refractivity contribution in [1.82, 2.24) is 10.2 Å². The molecule has 160 valence electrons. The van der Waals surface area contributed by atoms with Gasteiger partial charge in [0.15, 0.2) is 0 Å². The third-order valence-corrected chi connectivity index (χ3v) is 6.51. The van der Waals surface area contributed by atoms with Crippen molar-refractivity contribution in [3.8, 4) is 0 Å². The van der Waals surface area contributed by atoms with Crippen LogP contribution in [0.3, 0.4) is 0 Å². The largest absolute Gasteiger partial charge is 0.352 e. The Kier molecular flexibility index (Phi) is 7.70. The van der Waals surface area contributed by atoms with Crippen molar-refractivity contribution >= 4 is 27.7 Å². The molecule has 2 aromatic carbocycles. The van der Waals surface area contributed by atoms with Gasteiger partial charge in [-0.1, -0.05) is 64.7 Å². The number of nitrogens with zero attached hydrogens (tertiary/aromatic N) is 1. The van der Waals surface area contributed by atoms with E-state index in [-0.39, 0.29) is 17.9 Å². The van der Waals surface area contributed by atoms with Crippen molar-refractivity contribution in [2.24, 2.45) is 0 Å². The molecule has 0 bridgehead atoms. The minimum absolute atomic E-state index is 0.0271. The maximum atomic E-state index is 13.4. The molecule has 0 saturated heterocycles. The summed E-state index contributed by atoms with van der Waals surface area (Å²) in [5.74, 6) is -0.0889. The summed E-state index contributed by atoms with van der Waals surface area (Å²) in [6.07, 6.45) is 4.68. The van der Waals surface area contributed by atoms with Gasteiger partial charge < -0.3 is 10.2 Å². The van der Waals surface area contributed by atoms with Crippen molar-refractivity contribution in [3.05, 3.63) is 69.2 Å². The number of nitrogens with one attached hydrogen (secondary N) is 1. The van der Waals surface area contributed by atoms with Gasteiger partial charge in [-0.25, -0.2) is 0 Å². The first-order valence-electron chi connectivity index (χ1n) is 10.7. The first-order valence-corrected chi connectivity index (χ1v) is 11.5. The number of carbonyl (C=O) groups excluding carboxylic acids is 2. The molecule has 30 heavy (non-hydrogen) atoms. The van der Waals surface area contributed by atoms with Crippen LogP contribution >= 0.6 is 15.9 Å². The first-order chi connectivity index (χ1) is 14.3. The summed E-state index contributed by atoms with van der Waals surface area (Å²) in [6.45, 7) is 6.31. The molecule has 0 aliphatic heterocycles. The Balaban J connectivity index is 1.79. The lowest BCUT2D eigenvalue weighted by Crippen LogP contribution is -2.50. The SMILES string of the molecule is Cc1ccc(C)c(CC(=O)N(Cc2ccc(Br)cc2)[C@H](C)C(=O)NC2CCCC2)c1. The lowest BCUT2D eigenvalue weighted by molar-refractivity contribution is -0.140. The maximum Gasteiger partial charge on any atom is 0.242 e. The molecule has 0 spiro atoms. The molecule has 5 heteroatoms. The smallest absolute Gasteiger partial charge is 0.242 e. The molecular weight excluding hydrogens is 440 g/mol. The average molecular weight is 471 g/mol. The van der Waals surface area contributed by atoms with Gasteiger partial charge in [-0.05, 0) is 62.4 Å². The molecule has 2 aromatic rings. The Morgan fingerprint density at radius 2 is 1.77 bits per heavy atom. The standard InChI is InChI=1S/C25H31BrN2O2/c1-17-8-9-18(2)21(14-17)15-24(29)28(16-20-10-12-22(26)13-11-20)19(3)25(30)27-23-6-4-5-7-23/h8-14,19,23H,4-7,15-16H2,1-3H3,(H,27,30)/t19-/m1/s1. The fourth-order valence-electron chi connectivity index (χ4n) is 4.02. The number of rotatable bonds is 7. The molecule has 0 heterocycles. The Labute approximate surface area is 188 Å². The Hall–Kier alpha value is -2.14. The van der Waals surface area contributed by atoms with E-state index < -0.39 is 6.04 Å². The fraction of sp³-hybridized carbons (Fsp3) is 0.440. The van der Waals surface area contributed by atoms with Gasteiger partial charge in [0.1, 0.15) is 6.04 Å². The average Bonchev–Trinajstić information content (AvgIpc) is 3.22. The van der Waals surface area contributed by atoms with E-state index in [2.05, 4.69) is 33.4 Å². The highest BCUT2D eigenvalue weighted by molar-refractivity contribution is 9.10. The lowest BCUT2D eigenvalue weighted by Gasteiger charge is -2.30. The van der Waals surface area contributed by atoms with Crippen molar-refractivity contribution in [2.75, 3.05) is 0 Å². The van der Waals surface area contributed by atoms with E-state index in [4.69, 9.17) is 0 Å². The van der Waals surface area contributed by atoms with Crippen LogP contribution in [0.15, 0.2) is 46.9 Å². The molecule has 0 aromatic heterocycles. The molecule has 0 radical (unpaired) electrons. The van der Waals surface area contributed by atoms with Gasteiger partial charge in [-0.2, -0.15) is 0 Å². The Morgan fingerprint density at radius 3 is 2.43 bits per heavy atom. The van der Waals surface area contributed by atoms with Crippen LogP contribution in [0.4, 0.5) is 0 Å². The van der Waals surface area contributed by atoms with Crippen LogP contribution in [0.2, 0.25) is 0 Å². The molecule has 1 atom stereocenters. The summed E-state index contributed by atoms with van der Waals surface area (Å²) in [7, 11) is 0. The topological polar surface area (TPSA) is 49.4 Å². The summed E-state index contributed by atoms with van der Waals surface area (Å²) in [6, 6.07) is 13.8. The quantitative estimate of drug-likeness (QED) is 0.612. The number of benzene rings is 2. The Bertz CT molecular complexity index is 889. The van der Waals surface area contributed by atoms with Gasteiger partial charge in [-0.3, -0.25) is 9.59 Å². The van der Waals surface area contributed by atoms with Gasteiger partial charge in [0.05, 0.1) is 6.42 Å². The maximum absolute atomic E-state index is 13.4. The predicted molar refractivity (Wildman–Crippen MR) is 124 cm³/mol. The second kappa shape index (κ2) is 10.3. The fourth-order valence-corrected chi connectivity index (χ4v) is 4.28. The number of carbonyl (C=O) groups is 2. The van der Waals surface area contributed by atoms with E-state index in [0.29, 0.717) is 13.0 Å². The van der Waals surface area contributed by atoms with E-state index in [0.717, 1.165) is 52.4 Å². The van der Waals surface area contributed by atoms with Crippen LogP contribution in [-0.4, -0.2) is 28.8 Å². The summed E-state index contributed by atoms with van der Waals surface area (Å²) in [5, 5.41) is 3.15. The normalized spacial score (nSPS) is 15.1. The molecule has 1 N–H and O–H groups in total. The molecule has 4 nitrogen and oxygen atoms in total. The molecule has 3 rings (SSSR count). The summed E-state index contributed by atoms with van der Waals surface area (Å²) >= 11 is 3.46.